The van der Waals surface area contributed by atoms with Crippen molar-refractivity contribution in [3.63, 3.8) is 0 Å². The van der Waals surface area contributed by atoms with Crippen LogP contribution in [-0.2, 0) is 5.41 Å². The van der Waals surface area contributed by atoms with Gasteiger partial charge in [-0.3, -0.25) is 0 Å². The van der Waals surface area contributed by atoms with Crippen molar-refractivity contribution in [2.24, 2.45) is 0 Å². The van der Waals surface area contributed by atoms with Crippen molar-refractivity contribution in [2.75, 3.05) is 4.90 Å². The molecule has 0 N–H and O–H groups in total. The molecule has 0 saturated carbocycles. The third-order valence-corrected chi connectivity index (χ3v) is 12.3. The maximum atomic E-state index is 6.28. The number of anilines is 3. The molecule has 0 unspecified atom stereocenters. The van der Waals surface area contributed by atoms with Crippen LogP contribution in [0.15, 0.2) is 217 Å². The Labute approximate surface area is 345 Å². The minimum absolute atomic E-state index is 0.210. The van der Waals surface area contributed by atoms with E-state index in [1.54, 1.807) is 0 Å². The summed E-state index contributed by atoms with van der Waals surface area (Å²) in [5.41, 5.74) is 19.8. The second-order valence-electron chi connectivity index (χ2n) is 16.2. The second-order valence-corrected chi connectivity index (χ2v) is 16.2. The van der Waals surface area contributed by atoms with Crippen LogP contribution in [0.5, 0.6) is 0 Å². The zero-order valence-corrected chi connectivity index (χ0v) is 33.1. The van der Waals surface area contributed by atoms with Crippen molar-refractivity contribution < 1.29 is 4.42 Å². The van der Waals surface area contributed by atoms with E-state index in [2.05, 4.69) is 219 Å². The molecule has 0 bridgehead atoms. The van der Waals surface area contributed by atoms with E-state index in [0.717, 1.165) is 44.6 Å². The third kappa shape index (κ3) is 6.04. The van der Waals surface area contributed by atoms with Gasteiger partial charge in [-0.25, -0.2) is 0 Å². The summed E-state index contributed by atoms with van der Waals surface area (Å²) in [6.07, 6.45) is 0. The number of fused-ring (bicyclic) bond motifs is 6. The highest BCUT2D eigenvalue weighted by Crippen LogP contribution is 2.52. The standard InChI is InChI=1S/C57H41NO/c1-57(2)53-35-44(45-26-33-52-51-15-9-10-16-55(51)59-56(52)36-45)25-32-49(53)50-34-31-48(37-54(50)57)58(46-27-21-42(22-28-46)39-13-7-4-8-14-39)47-29-23-43(24-30-47)41-19-17-40(18-20-41)38-11-5-3-6-12-38/h3-37H,1-2H3. The van der Waals surface area contributed by atoms with Gasteiger partial charge in [-0.2, -0.15) is 0 Å². The van der Waals surface area contributed by atoms with Gasteiger partial charge < -0.3 is 9.32 Å². The first-order valence-electron chi connectivity index (χ1n) is 20.4. The van der Waals surface area contributed by atoms with E-state index in [-0.39, 0.29) is 5.41 Å². The first kappa shape index (κ1) is 34.8. The smallest absolute Gasteiger partial charge is 0.136 e. The van der Waals surface area contributed by atoms with Gasteiger partial charge in [-0.1, -0.05) is 166 Å². The molecule has 1 aliphatic rings. The molecule has 0 radical (unpaired) electrons. The van der Waals surface area contributed by atoms with E-state index in [4.69, 9.17) is 4.42 Å². The molecule has 2 nitrogen and oxygen atoms in total. The van der Waals surface area contributed by atoms with Crippen molar-refractivity contribution in [3.8, 4) is 55.6 Å². The lowest BCUT2D eigenvalue weighted by molar-refractivity contribution is 0.660. The van der Waals surface area contributed by atoms with Gasteiger partial charge in [-0.05, 0) is 127 Å². The lowest BCUT2D eigenvalue weighted by Crippen LogP contribution is -2.16. The van der Waals surface area contributed by atoms with Gasteiger partial charge in [-0.15, -0.1) is 0 Å². The summed E-state index contributed by atoms with van der Waals surface area (Å²) in [5, 5.41) is 2.30. The monoisotopic (exact) mass is 755 g/mol. The zero-order chi connectivity index (χ0) is 39.5. The lowest BCUT2D eigenvalue weighted by atomic mass is 9.81. The maximum absolute atomic E-state index is 6.28. The molecule has 11 rings (SSSR count). The van der Waals surface area contributed by atoms with Crippen LogP contribution in [0.2, 0.25) is 0 Å². The van der Waals surface area contributed by atoms with Crippen LogP contribution in [0.4, 0.5) is 17.1 Å². The van der Waals surface area contributed by atoms with E-state index < -0.39 is 0 Å². The SMILES string of the molecule is CC1(C)c2cc(-c3ccc4c(c3)oc3ccccc34)ccc2-c2ccc(N(c3ccc(-c4ccccc4)cc3)c3ccc(-c4ccc(-c5ccccc5)cc4)cc3)cc21. The van der Waals surface area contributed by atoms with Crippen molar-refractivity contribution in [2.45, 2.75) is 19.3 Å². The summed E-state index contributed by atoms with van der Waals surface area (Å²) in [6.45, 7) is 4.73. The number of para-hydroxylation sites is 1. The number of hydrogen-bond acceptors (Lipinski definition) is 2. The Balaban J connectivity index is 0.957. The highest BCUT2D eigenvalue weighted by atomic mass is 16.3. The highest BCUT2D eigenvalue weighted by molar-refractivity contribution is 6.06. The Bertz CT molecular complexity index is 3140. The minimum atomic E-state index is -0.210. The molecule has 280 valence electrons. The van der Waals surface area contributed by atoms with Crippen LogP contribution in [0.1, 0.15) is 25.0 Å². The number of benzene rings is 9. The van der Waals surface area contributed by atoms with Gasteiger partial charge in [0, 0.05) is 33.2 Å². The first-order chi connectivity index (χ1) is 29.0. The molecule has 0 spiro atoms. The molecule has 1 aromatic heterocycles. The molecule has 0 amide bonds. The van der Waals surface area contributed by atoms with E-state index in [1.807, 2.05) is 12.1 Å². The molecule has 9 aromatic carbocycles. The molecule has 0 fully saturated rings. The maximum Gasteiger partial charge on any atom is 0.136 e. The fraction of sp³-hybridized carbons (Fsp3) is 0.0526. The van der Waals surface area contributed by atoms with Gasteiger partial charge >= 0.3 is 0 Å². The van der Waals surface area contributed by atoms with Crippen LogP contribution in [0.25, 0.3) is 77.6 Å². The quantitative estimate of drug-likeness (QED) is 0.161. The number of furan rings is 1. The van der Waals surface area contributed by atoms with E-state index in [0.29, 0.717) is 0 Å². The van der Waals surface area contributed by atoms with Gasteiger partial charge in [0.05, 0.1) is 0 Å². The average Bonchev–Trinajstić information content (AvgIpc) is 3.78. The number of rotatable bonds is 7. The largest absolute Gasteiger partial charge is 0.456 e. The predicted octanol–water partition coefficient (Wildman–Crippen LogP) is 16.0. The van der Waals surface area contributed by atoms with Crippen LogP contribution in [0, 0.1) is 0 Å². The summed E-state index contributed by atoms with van der Waals surface area (Å²) in [5.74, 6) is 0. The van der Waals surface area contributed by atoms with Crippen LogP contribution >= 0.6 is 0 Å². The molecule has 10 aromatic rings. The Kier molecular flexibility index (Phi) is 8.20. The number of nitrogens with zero attached hydrogens (tertiary/aromatic N) is 1. The van der Waals surface area contributed by atoms with E-state index in [1.165, 1.54) is 61.2 Å². The molecule has 0 aliphatic heterocycles. The summed E-state index contributed by atoms with van der Waals surface area (Å²) in [4.78, 5) is 2.39. The Morgan fingerprint density at radius 2 is 0.729 bits per heavy atom. The van der Waals surface area contributed by atoms with Crippen LogP contribution in [-0.4, -0.2) is 0 Å². The number of hydrogen-bond donors (Lipinski definition) is 0. The van der Waals surface area contributed by atoms with Gasteiger partial charge in [0.15, 0.2) is 0 Å². The summed E-state index contributed by atoms with van der Waals surface area (Å²) < 4.78 is 6.28. The van der Waals surface area contributed by atoms with Gasteiger partial charge in [0.25, 0.3) is 0 Å². The van der Waals surface area contributed by atoms with Crippen LogP contribution in [0.3, 0.4) is 0 Å². The Morgan fingerprint density at radius 3 is 1.32 bits per heavy atom. The Morgan fingerprint density at radius 1 is 0.322 bits per heavy atom. The minimum Gasteiger partial charge on any atom is -0.456 e. The normalized spacial score (nSPS) is 12.7. The fourth-order valence-electron chi connectivity index (χ4n) is 9.12. The highest BCUT2D eigenvalue weighted by Gasteiger charge is 2.36. The second kappa shape index (κ2) is 13.9. The fourth-order valence-corrected chi connectivity index (χ4v) is 9.12. The topological polar surface area (TPSA) is 16.4 Å². The molecule has 0 saturated heterocycles. The van der Waals surface area contributed by atoms with Crippen molar-refractivity contribution in [3.05, 3.63) is 223 Å². The molecular weight excluding hydrogens is 715 g/mol. The van der Waals surface area contributed by atoms with Gasteiger partial charge in [0.1, 0.15) is 11.2 Å². The van der Waals surface area contributed by atoms with Crippen molar-refractivity contribution in [1.29, 1.82) is 0 Å². The molecule has 59 heavy (non-hydrogen) atoms. The Hall–Kier alpha value is -7.42. The van der Waals surface area contributed by atoms with Crippen LogP contribution < -0.4 is 4.90 Å². The molecule has 1 heterocycles. The van der Waals surface area contributed by atoms with E-state index in [9.17, 15) is 0 Å². The third-order valence-electron chi connectivity index (χ3n) is 12.3. The molecule has 2 heteroatoms. The average molecular weight is 756 g/mol. The predicted molar refractivity (Wildman–Crippen MR) is 248 cm³/mol. The summed E-state index contributed by atoms with van der Waals surface area (Å²) >= 11 is 0. The summed E-state index contributed by atoms with van der Waals surface area (Å²) in [7, 11) is 0. The van der Waals surface area contributed by atoms with Crippen molar-refractivity contribution >= 4 is 39.0 Å². The molecular formula is C57H41NO. The first-order valence-corrected chi connectivity index (χ1v) is 20.4. The van der Waals surface area contributed by atoms with E-state index >= 15 is 0 Å². The zero-order valence-electron chi connectivity index (χ0n) is 33.1. The molecule has 0 atom stereocenters. The summed E-state index contributed by atoms with van der Waals surface area (Å²) in [6, 6.07) is 76.9. The van der Waals surface area contributed by atoms with Gasteiger partial charge in [0.2, 0.25) is 0 Å². The van der Waals surface area contributed by atoms with Crippen molar-refractivity contribution in [1.82, 2.24) is 0 Å². The lowest BCUT2D eigenvalue weighted by Gasteiger charge is -2.28. The molecule has 1 aliphatic carbocycles.